The standard InChI is InChI=1S/C21H19FN2O3/c1-26-11-15-10-24(21(25)14-4-2-13(9-23)3-5-14)20-17-8-16(22)6-7-19(17)27-12-18(15)20/h2-8,15,18,20H,10-12H2,1H3/t15-,18-,20-/m0/s1. The van der Waals surface area contributed by atoms with E-state index >= 15 is 0 Å². The number of carbonyl (C=O) groups excluding carboxylic acids is 1. The quantitative estimate of drug-likeness (QED) is 0.837. The number of nitrogens with zero attached hydrogens (tertiary/aromatic N) is 2. The van der Waals surface area contributed by atoms with E-state index in [1.54, 1.807) is 42.3 Å². The lowest BCUT2D eigenvalue weighted by molar-refractivity contribution is 0.0671. The number of halogens is 1. The predicted octanol–water partition coefficient (Wildman–Crippen LogP) is 3.17. The van der Waals surface area contributed by atoms with Crippen molar-refractivity contribution in [2.75, 3.05) is 26.9 Å². The Morgan fingerprint density at radius 2 is 2.11 bits per heavy atom. The summed E-state index contributed by atoms with van der Waals surface area (Å²) in [5.41, 5.74) is 1.71. The van der Waals surface area contributed by atoms with Crippen LogP contribution in [0, 0.1) is 29.0 Å². The minimum absolute atomic E-state index is 0.0431. The van der Waals surface area contributed by atoms with Gasteiger partial charge in [-0.1, -0.05) is 0 Å². The van der Waals surface area contributed by atoms with Crippen LogP contribution in [0.1, 0.15) is 27.5 Å². The SMILES string of the molecule is COC[C@@H]1CN(C(=O)c2ccc(C#N)cc2)[C@H]2c3cc(F)ccc3OC[C@@H]12. The molecule has 1 amide bonds. The maximum atomic E-state index is 13.9. The maximum absolute atomic E-state index is 13.9. The Hall–Kier alpha value is -2.91. The number of methoxy groups -OCH3 is 1. The fourth-order valence-electron chi connectivity index (χ4n) is 4.14. The number of hydrogen-bond acceptors (Lipinski definition) is 4. The summed E-state index contributed by atoms with van der Waals surface area (Å²) in [4.78, 5) is 15.0. The fraction of sp³-hybridized carbons (Fsp3) is 0.333. The molecule has 0 aliphatic carbocycles. The number of carbonyl (C=O) groups is 1. The van der Waals surface area contributed by atoms with Crippen molar-refractivity contribution in [2.24, 2.45) is 11.8 Å². The van der Waals surface area contributed by atoms with Crippen LogP contribution in [0.15, 0.2) is 42.5 Å². The normalized spacial score (nSPS) is 23.1. The highest BCUT2D eigenvalue weighted by molar-refractivity contribution is 5.95. The van der Waals surface area contributed by atoms with E-state index in [9.17, 15) is 9.18 Å². The molecule has 0 bridgehead atoms. The van der Waals surface area contributed by atoms with Crippen molar-refractivity contribution in [3.8, 4) is 11.8 Å². The number of fused-ring (bicyclic) bond motifs is 3. The highest BCUT2D eigenvalue weighted by Gasteiger charge is 2.48. The maximum Gasteiger partial charge on any atom is 0.254 e. The third-order valence-electron chi connectivity index (χ3n) is 5.40. The molecule has 2 heterocycles. The summed E-state index contributed by atoms with van der Waals surface area (Å²) in [6.45, 7) is 1.49. The average molecular weight is 366 g/mol. The van der Waals surface area contributed by atoms with Gasteiger partial charge in [0.1, 0.15) is 11.6 Å². The summed E-state index contributed by atoms with van der Waals surface area (Å²) in [7, 11) is 1.64. The minimum atomic E-state index is -0.348. The first kappa shape index (κ1) is 17.5. The second kappa shape index (κ2) is 7.01. The van der Waals surface area contributed by atoms with Crippen LogP contribution in [0.4, 0.5) is 4.39 Å². The predicted molar refractivity (Wildman–Crippen MR) is 95.7 cm³/mol. The summed E-state index contributed by atoms with van der Waals surface area (Å²) < 4.78 is 25.1. The van der Waals surface area contributed by atoms with Crippen molar-refractivity contribution in [2.45, 2.75) is 6.04 Å². The molecule has 0 unspecified atom stereocenters. The third-order valence-corrected chi connectivity index (χ3v) is 5.40. The number of benzene rings is 2. The zero-order valence-corrected chi connectivity index (χ0v) is 14.9. The van der Waals surface area contributed by atoms with Gasteiger partial charge in [0, 0.05) is 36.6 Å². The van der Waals surface area contributed by atoms with Crippen molar-refractivity contribution in [3.63, 3.8) is 0 Å². The van der Waals surface area contributed by atoms with E-state index < -0.39 is 0 Å². The first-order valence-electron chi connectivity index (χ1n) is 8.84. The van der Waals surface area contributed by atoms with Crippen LogP contribution in [-0.4, -0.2) is 37.7 Å². The van der Waals surface area contributed by atoms with Gasteiger partial charge in [-0.25, -0.2) is 4.39 Å². The molecule has 3 atom stereocenters. The zero-order valence-electron chi connectivity index (χ0n) is 14.9. The van der Waals surface area contributed by atoms with Crippen molar-refractivity contribution < 1.29 is 18.7 Å². The number of amides is 1. The van der Waals surface area contributed by atoms with Crippen LogP contribution < -0.4 is 4.74 Å². The van der Waals surface area contributed by atoms with Crippen molar-refractivity contribution in [1.82, 2.24) is 4.90 Å². The van der Waals surface area contributed by atoms with E-state index in [4.69, 9.17) is 14.7 Å². The highest BCUT2D eigenvalue weighted by Crippen LogP contribution is 2.48. The molecule has 2 aliphatic heterocycles. The van der Waals surface area contributed by atoms with E-state index in [-0.39, 0.29) is 29.6 Å². The molecule has 5 nitrogen and oxygen atoms in total. The van der Waals surface area contributed by atoms with Crippen LogP contribution in [0.3, 0.4) is 0 Å². The Morgan fingerprint density at radius 1 is 1.33 bits per heavy atom. The largest absolute Gasteiger partial charge is 0.493 e. The first-order valence-corrected chi connectivity index (χ1v) is 8.84. The summed E-state index contributed by atoms with van der Waals surface area (Å²) in [6.07, 6.45) is 0. The minimum Gasteiger partial charge on any atom is -0.493 e. The van der Waals surface area contributed by atoms with Crippen LogP contribution in [0.5, 0.6) is 5.75 Å². The molecule has 0 saturated carbocycles. The van der Waals surface area contributed by atoms with Crippen LogP contribution in [0.25, 0.3) is 0 Å². The monoisotopic (exact) mass is 366 g/mol. The molecular weight excluding hydrogens is 347 g/mol. The first-order chi connectivity index (χ1) is 13.1. The van der Waals surface area contributed by atoms with E-state index in [1.807, 2.05) is 0 Å². The Kier molecular flexibility index (Phi) is 4.54. The molecule has 0 radical (unpaired) electrons. The summed E-state index contributed by atoms with van der Waals surface area (Å²) in [6, 6.07) is 12.8. The molecule has 2 aromatic carbocycles. The van der Waals surface area contributed by atoms with Gasteiger partial charge in [0.2, 0.25) is 0 Å². The van der Waals surface area contributed by atoms with Gasteiger partial charge in [-0.05, 0) is 42.5 Å². The van der Waals surface area contributed by atoms with E-state index in [0.717, 1.165) is 0 Å². The molecule has 0 N–H and O–H groups in total. The second-order valence-electron chi connectivity index (χ2n) is 6.96. The Labute approximate surface area is 156 Å². The second-order valence-corrected chi connectivity index (χ2v) is 6.96. The van der Waals surface area contributed by atoms with E-state index in [2.05, 4.69) is 6.07 Å². The van der Waals surface area contributed by atoms with Crippen molar-refractivity contribution >= 4 is 5.91 Å². The smallest absolute Gasteiger partial charge is 0.254 e. The lowest BCUT2D eigenvalue weighted by Gasteiger charge is -2.34. The molecule has 2 aliphatic rings. The number of nitriles is 1. The molecule has 1 saturated heterocycles. The van der Waals surface area contributed by atoms with Crippen LogP contribution >= 0.6 is 0 Å². The molecule has 27 heavy (non-hydrogen) atoms. The summed E-state index contributed by atoms with van der Waals surface area (Å²) in [5, 5.41) is 8.95. The molecule has 6 heteroatoms. The van der Waals surface area contributed by atoms with E-state index in [0.29, 0.717) is 42.2 Å². The van der Waals surface area contributed by atoms with Gasteiger partial charge in [0.15, 0.2) is 0 Å². The Morgan fingerprint density at radius 3 is 2.81 bits per heavy atom. The molecule has 2 aromatic rings. The number of ether oxygens (including phenoxy) is 2. The van der Waals surface area contributed by atoms with Gasteiger partial charge in [-0.2, -0.15) is 5.26 Å². The number of hydrogen-bond donors (Lipinski definition) is 0. The van der Waals surface area contributed by atoms with Gasteiger partial charge in [-0.15, -0.1) is 0 Å². The highest BCUT2D eigenvalue weighted by atomic mass is 19.1. The number of rotatable bonds is 3. The van der Waals surface area contributed by atoms with Gasteiger partial charge in [0.05, 0.1) is 30.9 Å². The Balaban J connectivity index is 1.72. The molecule has 0 spiro atoms. The topological polar surface area (TPSA) is 62.6 Å². The van der Waals surface area contributed by atoms with Gasteiger partial charge < -0.3 is 14.4 Å². The van der Waals surface area contributed by atoms with Crippen LogP contribution in [-0.2, 0) is 4.74 Å². The van der Waals surface area contributed by atoms with E-state index in [1.165, 1.54) is 12.1 Å². The Bertz CT molecular complexity index is 907. The molecule has 0 aromatic heterocycles. The lowest BCUT2D eigenvalue weighted by Crippen LogP contribution is -2.35. The summed E-state index contributed by atoms with van der Waals surface area (Å²) >= 11 is 0. The van der Waals surface area contributed by atoms with Gasteiger partial charge in [0.25, 0.3) is 5.91 Å². The van der Waals surface area contributed by atoms with Crippen molar-refractivity contribution in [1.29, 1.82) is 5.26 Å². The fourth-order valence-corrected chi connectivity index (χ4v) is 4.14. The average Bonchev–Trinajstić information content (AvgIpc) is 3.07. The molecule has 138 valence electrons. The van der Waals surface area contributed by atoms with Gasteiger partial charge in [-0.3, -0.25) is 4.79 Å². The zero-order chi connectivity index (χ0) is 19.0. The molecular formula is C21H19FN2O3. The molecule has 4 rings (SSSR count). The molecule has 1 fully saturated rings. The lowest BCUT2D eigenvalue weighted by atomic mass is 9.85. The van der Waals surface area contributed by atoms with Gasteiger partial charge >= 0.3 is 0 Å². The third kappa shape index (κ3) is 3.04. The van der Waals surface area contributed by atoms with Crippen molar-refractivity contribution in [3.05, 3.63) is 65.0 Å². The number of likely N-dealkylation sites (tertiary alicyclic amines) is 1. The summed E-state index contributed by atoms with van der Waals surface area (Å²) in [5.74, 6) is 0.290. The van der Waals surface area contributed by atoms with Crippen LogP contribution in [0.2, 0.25) is 0 Å².